The highest BCUT2D eigenvalue weighted by Gasteiger charge is 2.25. The maximum absolute atomic E-state index is 12.2. The Bertz CT molecular complexity index is 572. The van der Waals surface area contributed by atoms with Gasteiger partial charge in [0, 0.05) is 19.8 Å². The van der Waals surface area contributed by atoms with Crippen LogP contribution < -0.4 is 9.46 Å². The minimum Gasteiger partial charge on any atom is -0.497 e. The van der Waals surface area contributed by atoms with Crippen LogP contribution in [0.2, 0.25) is 0 Å². The molecular weight excluding hydrogens is 298 g/mol. The van der Waals surface area contributed by atoms with Crippen molar-refractivity contribution in [3.8, 4) is 5.75 Å². The van der Waals surface area contributed by atoms with Crippen molar-refractivity contribution in [2.45, 2.75) is 23.8 Å². The van der Waals surface area contributed by atoms with Crippen molar-refractivity contribution in [2.75, 3.05) is 20.8 Å². The van der Waals surface area contributed by atoms with Crippen molar-refractivity contribution in [3.05, 3.63) is 24.3 Å². The first kappa shape index (κ1) is 17.4. The zero-order valence-corrected chi connectivity index (χ0v) is 12.7. The fourth-order valence-corrected chi connectivity index (χ4v) is 2.95. The third kappa shape index (κ3) is 5.33. The molecule has 118 valence electrons. The summed E-state index contributed by atoms with van der Waals surface area (Å²) in [4.78, 5) is 11.1. The zero-order valence-electron chi connectivity index (χ0n) is 11.9. The molecule has 1 aromatic rings. The van der Waals surface area contributed by atoms with Gasteiger partial charge in [0.25, 0.3) is 0 Å². The van der Waals surface area contributed by atoms with E-state index >= 15 is 0 Å². The molecular formula is C13H19NO6S. The first-order valence-corrected chi connectivity index (χ1v) is 7.77. The number of hydrogen-bond donors (Lipinski definition) is 2. The summed E-state index contributed by atoms with van der Waals surface area (Å²) in [6, 6.07) is 4.63. The highest BCUT2D eigenvalue weighted by Crippen LogP contribution is 2.17. The van der Waals surface area contributed by atoms with Crippen LogP contribution in [0.4, 0.5) is 0 Å². The normalized spacial score (nSPS) is 12.9. The fraction of sp³-hybridized carbons (Fsp3) is 0.462. The summed E-state index contributed by atoms with van der Waals surface area (Å²) in [6.45, 7) is 0.366. The minimum atomic E-state index is -3.93. The molecule has 0 aliphatic rings. The molecule has 0 amide bonds. The number of sulfonamides is 1. The third-order valence-electron chi connectivity index (χ3n) is 2.79. The molecule has 8 heteroatoms. The molecule has 2 N–H and O–H groups in total. The molecule has 7 nitrogen and oxygen atoms in total. The average Bonchev–Trinajstić information content (AvgIpc) is 2.46. The molecule has 0 aliphatic heterocycles. The van der Waals surface area contributed by atoms with Crippen molar-refractivity contribution < 1.29 is 27.8 Å². The Morgan fingerprint density at radius 1 is 1.38 bits per heavy atom. The van der Waals surface area contributed by atoms with Crippen molar-refractivity contribution in [1.82, 2.24) is 4.72 Å². The summed E-state index contributed by atoms with van der Waals surface area (Å²) in [7, 11) is -1.01. The van der Waals surface area contributed by atoms with Gasteiger partial charge in [-0.1, -0.05) is 6.07 Å². The third-order valence-corrected chi connectivity index (χ3v) is 4.26. The van der Waals surface area contributed by atoms with Gasteiger partial charge in [0.15, 0.2) is 0 Å². The standard InChI is InChI=1S/C13H19NO6S/c1-19-8-4-7-12(13(15)16)14-21(17,18)11-6-3-5-10(9-11)20-2/h3,5-6,9,12,14H,4,7-8H2,1-2H3,(H,15,16). The Morgan fingerprint density at radius 2 is 2.10 bits per heavy atom. The van der Waals surface area contributed by atoms with E-state index in [-0.39, 0.29) is 11.3 Å². The van der Waals surface area contributed by atoms with E-state index in [9.17, 15) is 13.2 Å². The van der Waals surface area contributed by atoms with Crippen molar-refractivity contribution in [2.24, 2.45) is 0 Å². The Labute approximate surface area is 123 Å². The summed E-state index contributed by atoms with van der Waals surface area (Å²) in [6.07, 6.45) is 0.584. The highest BCUT2D eigenvalue weighted by atomic mass is 32.2. The van der Waals surface area contributed by atoms with Crippen molar-refractivity contribution >= 4 is 16.0 Å². The van der Waals surface area contributed by atoms with E-state index in [0.29, 0.717) is 18.8 Å². The lowest BCUT2D eigenvalue weighted by atomic mass is 10.2. The summed E-state index contributed by atoms with van der Waals surface area (Å²) in [5, 5.41) is 9.09. The number of rotatable bonds is 9. The van der Waals surface area contributed by atoms with Crippen LogP contribution in [0.5, 0.6) is 5.75 Å². The number of aliphatic carboxylic acids is 1. The second kappa shape index (κ2) is 7.96. The Morgan fingerprint density at radius 3 is 2.67 bits per heavy atom. The number of carboxylic acids is 1. The van der Waals surface area contributed by atoms with Crippen LogP contribution in [0, 0.1) is 0 Å². The number of methoxy groups -OCH3 is 2. The number of carbonyl (C=O) groups is 1. The molecule has 0 spiro atoms. The maximum atomic E-state index is 12.2. The van der Waals surface area contributed by atoms with Gasteiger partial charge in [-0.15, -0.1) is 0 Å². The molecule has 0 aliphatic carbocycles. The lowest BCUT2D eigenvalue weighted by Gasteiger charge is -2.15. The van der Waals surface area contributed by atoms with Crippen molar-refractivity contribution in [3.63, 3.8) is 0 Å². The van der Waals surface area contributed by atoms with Crippen LogP contribution in [0.3, 0.4) is 0 Å². The molecule has 0 aromatic heterocycles. The summed E-state index contributed by atoms with van der Waals surface area (Å²) < 4.78 is 36.3. The van der Waals surface area contributed by atoms with Gasteiger partial charge in [0.05, 0.1) is 12.0 Å². The number of nitrogens with one attached hydrogen (secondary N) is 1. The van der Waals surface area contributed by atoms with Crippen LogP contribution in [0.25, 0.3) is 0 Å². The van der Waals surface area contributed by atoms with Crippen LogP contribution in [0.1, 0.15) is 12.8 Å². The van der Waals surface area contributed by atoms with Gasteiger partial charge in [0.1, 0.15) is 11.8 Å². The number of hydrogen-bond acceptors (Lipinski definition) is 5. The predicted octanol–water partition coefficient (Wildman–Crippen LogP) is 0.853. The van der Waals surface area contributed by atoms with E-state index in [4.69, 9.17) is 14.6 Å². The molecule has 0 saturated heterocycles. The van der Waals surface area contributed by atoms with E-state index in [1.807, 2.05) is 0 Å². The maximum Gasteiger partial charge on any atom is 0.321 e. The van der Waals surface area contributed by atoms with E-state index in [2.05, 4.69) is 4.72 Å². The Kier molecular flexibility index (Phi) is 6.60. The zero-order chi connectivity index (χ0) is 15.9. The largest absolute Gasteiger partial charge is 0.497 e. The SMILES string of the molecule is COCCCC(NS(=O)(=O)c1cccc(OC)c1)C(=O)O. The van der Waals surface area contributed by atoms with Crippen LogP contribution in [0.15, 0.2) is 29.2 Å². The van der Waals surface area contributed by atoms with Gasteiger partial charge in [-0.25, -0.2) is 8.42 Å². The topological polar surface area (TPSA) is 102 Å². The quantitative estimate of drug-likeness (QED) is 0.655. The van der Waals surface area contributed by atoms with E-state index in [0.717, 1.165) is 0 Å². The van der Waals surface area contributed by atoms with Crippen LogP contribution in [-0.4, -0.2) is 46.4 Å². The molecule has 21 heavy (non-hydrogen) atoms. The number of carboxylic acid groups (broad SMARTS) is 1. The second-order valence-corrected chi connectivity index (χ2v) is 6.04. The minimum absolute atomic E-state index is 0.0418. The second-order valence-electron chi connectivity index (χ2n) is 4.33. The van der Waals surface area contributed by atoms with Gasteiger partial charge >= 0.3 is 5.97 Å². The smallest absolute Gasteiger partial charge is 0.321 e. The molecule has 0 radical (unpaired) electrons. The predicted molar refractivity (Wildman–Crippen MR) is 75.8 cm³/mol. The lowest BCUT2D eigenvalue weighted by molar-refractivity contribution is -0.139. The van der Waals surface area contributed by atoms with Crippen LogP contribution >= 0.6 is 0 Å². The average molecular weight is 317 g/mol. The molecule has 0 fully saturated rings. The first-order chi connectivity index (χ1) is 9.90. The molecule has 1 unspecified atom stereocenters. The fourth-order valence-electron chi connectivity index (χ4n) is 1.69. The molecule has 0 bridgehead atoms. The molecule has 0 saturated carbocycles. The summed E-state index contributed by atoms with van der Waals surface area (Å²) in [5.74, 6) is -0.846. The summed E-state index contributed by atoms with van der Waals surface area (Å²) >= 11 is 0. The monoisotopic (exact) mass is 317 g/mol. The van der Waals surface area contributed by atoms with Gasteiger partial charge < -0.3 is 14.6 Å². The molecule has 1 rings (SSSR count). The van der Waals surface area contributed by atoms with Crippen molar-refractivity contribution in [1.29, 1.82) is 0 Å². The van der Waals surface area contributed by atoms with E-state index in [1.54, 1.807) is 6.07 Å². The Hall–Kier alpha value is -1.64. The molecule has 1 aromatic carbocycles. The first-order valence-electron chi connectivity index (χ1n) is 6.29. The van der Waals surface area contributed by atoms with Gasteiger partial charge in [0.2, 0.25) is 10.0 Å². The molecule has 0 heterocycles. The number of benzene rings is 1. The van der Waals surface area contributed by atoms with E-state index in [1.165, 1.54) is 32.4 Å². The number of ether oxygens (including phenoxy) is 2. The molecule has 1 atom stereocenters. The van der Waals surface area contributed by atoms with Crippen LogP contribution in [-0.2, 0) is 19.6 Å². The van der Waals surface area contributed by atoms with Gasteiger partial charge in [-0.05, 0) is 25.0 Å². The Balaban J connectivity index is 2.87. The lowest BCUT2D eigenvalue weighted by Crippen LogP contribution is -2.40. The highest BCUT2D eigenvalue weighted by molar-refractivity contribution is 7.89. The summed E-state index contributed by atoms with van der Waals surface area (Å²) in [5.41, 5.74) is 0. The van der Waals surface area contributed by atoms with Gasteiger partial charge in [-0.3, -0.25) is 4.79 Å². The van der Waals surface area contributed by atoms with Gasteiger partial charge in [-0.2, -0.15) is 4.72 Å². The van der Waals surface area contributed by atoms with E-state index < -0.39 is 22.0 Å².